The minimum absolute atomic E-state index is 0.170. The molecule has 0 atom stereocenters. The first-order valence-corrected chi connectivity index (χ1v) is 5.73. The van der Waals surface area contributed by atoms with Crippen molar-refractivity contribution >= 4 is 33.2 Å². The van der Waals surface area contributed by atoms with E-state index in [1.807, 2.05) is 6.07 Å². The summed E-state index contributed by atoms with van der Waals surface area (Å²) in [7, 11) is 0. The minimum atomic E-state index is -0.994. The fourth-order valence-electron chi connectivity index (χ4n) is 1.49. The molecule has 2 aromatic rings. The zero-order valence-electron chi connectivity index (χ0n) is 9.02. The minimum Gasteiger partial charge on any atom is -0.477 e. The van der Waals surface area contributed by atoms with Crippen molar-refractivity contribution in [2.45, 2.75) is 19.8 Å². The molecule has 0 aromatic carbocycles. The number of nitrogens with two attached hydrogens (primary N) is 1. The van der Waals surface area contributed by atoms with Crippen molar-refractivity contribution in [1.82, 2.24) is 4.98 Å². The van der Waals surface area contributed by atoms with Crippen LogP contribution in [0.5, 0.6) is 0 Å². The van der Waals surface area contributed by atoms with E-state index in [0.29, 0.717) is 16.4 Å². The Labute approximate surface area is 96.7 Å². The Morgan fingerprint density at radius 3 is 2.81 bits per heavy atom. The van der Waals surface area contributed by atoms with Crippen LogP contribution in [0, 0.1) is 0 Å². The predicted octanol–water partition coefficient (Wildman–Crippen LogP) is 2.70. The van der Waals surface area contributed by atoms with Crippen LogP contribution >= 0.6 is 11.3 Å². The van der Waals surface area contributed by atoms with Crippen LogP contribution in [0.4, 0.5) is 5.69 Å². The van der Waals surface area contributed by atoms with E-state index in [0.717, 1.165) is 22.3 Å². The zero-order valence-corrected chi connectivity index (χ0v) is 9.84. The van der Waals surface area contributed by atoms with Gasteiger partial charge in [0.15, 0.2) is 0 Å². The van der Waals surface area contributed by atoms with Crippen molar-refractivity contribution in [3.05, 3.63) is 22.7 Å². The van der Waals surface area contributed by atoms with Gasteiger partial charge in [-0.3, -0.25) is 0 Å². The lowest BCUT2D eigenvalue weighted by molar-refractivity contribution is 0.0703. The number of fused-ring (bicyclic) bond motifs is 1. The number of nitrogen functional groups attached to an aromatic ring is 1. The van der Waals surface area contributed by atoms with Gasteiger partial charge in [-0.05, 0) is 17.5 Å². The average molecular weight is 236 g/mol. The molecular weight excluding hydrogens is 224 g/mol. The van der Waals surface area contributed by atoms with Gasteiger partial charge in [0.05, 0.1) is 5.69 Å². The molecule has 2 aromatic heterocycles. The second kappa shape index (κ2) is 3.75. The number of pyridine rings is 1. The Morgan fingerprint density at radius 2 is 2.25 bits per heavy atom. The fraction of sp³-hybridized carbons (Fsp3) is 0.273. The second-order valence-electron chi connectivity index (χ2n) is 3.93. The van der Waals surface area contributed by atoms with Crippen molar-refractivity contribution in [3.63, 3.8) is 0 Å². The van der Waals surface area contributed by atoms with Crippen LogP contribution in [0.1, 0.15) is 35.0 Å². The molecule has 0 bridgehead atoms. The number of anilines is 1. The molecule has 0 fully saturated rings. The van der Waals surface area contributed by atoms with Gasteiger partial charge in [0.25, 0.3) is 0 Å². The summed E-state index contributed by atoms with van der Waals surface area (Å²) in [6, 6.07) is 1.92. The summed E-state index contributed by atoms with van der Waals surface area (Å²) in [6.07, 6.45) is 1.77. The maximum absolute atomic E-state index is 10.9. The van der Waals surface area contributed by atoms with Crippen LogP contribution in [-0.2, 0) is 0 Å². The third-order valence-electron chi connectivity index (χ3n) is 2.47. The van der Waals surface area contributed by atoms with E-state index in [4.69, 9.17) is 10.8 Å². The van der Waals surface area contributed by atoms with Gasteiger partial charge in [0.2, 0.25) is 0 Å². The van der Waals surface area contributed by atoms with Gasteiger partial charge in [0.1, 0.15) is 9.71 Å². The van der Waals surface area contributed by atoms with E-state index in [1.165, 1.54) is 0 Å². The van der Waals surface area contributed by atoms with Gasteiger partial charge in [-0.1, -0.05) is 13.8 Å². The molecule has 84 valence electrons. The van der Waals surface area contributed by atoms with E-state index in [1.54, 1.807) is 6.20 Å². The van der Waals surface area contributed by atoms with Gasteiger partial charge < -0.3 is 10.8 Å². The molecule has 0 saturated carbocycles. The van der Waals surface area contributed by atoms with Gasteiger partial charge in [-0.15, -0.1) is 11.3 Å². The Bertz CT molecular complexity index is 560. The van der Waals surface area contributed by atoms with Crippen molar-refractivity contribution < 1.29 is 9.90 Å². The van der Waals surface area contributed by atoms with Crippen LogP contribution in [0.25, 0.3) is 10.2 Å². The number of aromatic nitrogens is 1. The maximum atomic E-state index is 10.9. The largest absolute Gasteiger partial charge is 0.477 e. The van der Waals surface area contributed by atoms with Gasteiger partial charge in [0, 0.05) is 11.6 Å². The summed E-state index contributed by atoms with van der Waals surface area (Å²) in [6.45, 7) is 4.12. The van der Waals surface area contributed by atoms with Crippen molar-refractivity contribution in [3.8, 4) is 0 Å². The Morgan fingerprint density at radius 1 is 1.56 bits per heavy atom. The van der Waals surface area contributed by atoms with Crippen LogP contribution in [0.15, 0.2) is 12.3 Å². The molecule has 2 heterocycles. The number of carbonyl (C=O) groups is 1. The van der Waals surface area contributed by atoms with Gasteiger partial charge >= 0.3 is 5.97 Å². The third kappa shape index (κ3) is 1.63. The molecule has 0 aliphatic rings. The number of rotatable bonds is 2. The van der Waals surface area contributed by atoms with Gasteiger partial charge in [-0.2, -0.15) is 0 Å². The van der Waals surface area contributed by atoms with E-state index >= 15 is 0 Å². The Kier molecular flexibility index (Phi) is 2.55. The highest BCUT2D eigenvalue weighted by Crippen LogP contribution is 2.33. The van der Waals surface area contributed by atoms with E-state index in [2.05, 4.69) is 18.8 Å². The summed E-state index contributed by atoms with van der Waals surface area (Å²) in [5.74, 6) is -0.643. The Balaban J connectivity index is 2.69. The quantitative estimate of drug-likeness (QED) is 0.840. The summed E-state index contributed by atoms with van der Waals surface area (Å²) in [5.41, 5.74) is 7.18. The molecular formula is C11H12N2O2S. The molecule has 0 saturated heterocycles. The first kappa shape index (κ1) is 10.9. The summed E-state index contributed by atoms with van der Waals surface area (Å²) >= 11 is 1.12. The summed E-state index contributed by atoms with van der Waals surface area (Å²) < 4.78 is 0. The Hall–Kier alpha value is -1.62. The van der Waals surface area contributed by atoms with Crippen LogP contribution < -0.4 is 5.73 Å². The van der Waals surface area contributed by atoms with Gasteiger partial charge in [-0.25, -0.2) is 9.78 Å². The number of thiophene rings is 1. The average Bonchev–Trinajstić information content (AvgIpc) is 2.56. The van der Waals surface area contributed by atoms with Crippen LogP contribution in [-0.4, -0.2) is 16.1 Å². The summed E-state index contributed by atoms with van der Waals surface area (Å²) in [5, 5.41) is 9.69. The molecule has 4 nitrogen and oxygen atoms in total. The van der Waals surface area contributed by atoms with Crippen molar-refractivity contribution in [2.75, 3.05) is 5.73 Å². The molecule has 0 amide bonds. The molecule has 3 N–H and O–H groups in total. The lowest BCUT2D eigenvalue weighted by atomic mass is 10.0. The molecule has 0 aliphatic heterocycles. The number of hydrogen-bond donors (Lipinski definition) is 2. The highest BCUT2D eigenvalue weighted by atomic mass is 32.1. The van der Waals surface area contributed by atoms with E-state index in [-0.39, 0.29) is 4.88 Å². The zero-order chi connectivity index (χ0) is 11.9. The van der Waals surface area contributed by atoms with E-state index < -0.39 is 5.97 Å². The topological polar surface area (TPSA) is 76.2 Å². The van der Waals surface area contributed by atoms with Crippen molar-refractivity contribution in [1.29, 1.82) is 0 Å². The highest BCUT2D eigenvalue weighted by Gasteiger charge is 2.16. The number of carboxylic acids is 1. The lowest BCUT2D eigenvalue weighted by Crippen LogP contribution is -1.97. The standard InChI is InChI=1S/C11H12N2O2S/c1-5(2)6-3-7-8(12)9(11(14)15)16-10(7)13-4-6/h3-5H,12H2,1-2H3,(H,14,15). The molecule has 0 unspecified atom stereocenters. The molecule has 0 aliphatic carbocycles. The van der Waals surface area contributed by atoms with Crippen LogP contribution in [0.3, 0.4) is 0 Å². The SMILES string of the molecule is CC(C)c1cnc2sc(C(=O)O)c(N)c2c1. The number of carboxylic acid groups (broad SMARTS) is 1. The second-order valence-corrected chi connectivity index (χ2v) is 4.93. The summed E-state index contributed by atoms with van der Waals surface area (Å²) in [4.78, 5) is 16.0. The first-order valence-electron chi connectivity index (χ1n) is 4.92. The van der Waals surface area contributed by atoms with Crippen molar-refractivity contribution in [2.24, 2.45) is 0 Å². The number of nitrogens with zero attached hydrogens (tertiary/aromatic N) is 1. The predicted molar refractivity (Wildman–Crippen MR) is 65.1 cm³/mol. The normalized spacial score (nSPS) is 11.2. The first-order chi connectivity index (χ1) is 7.50. The number of aromatic carboxylic acids is 1. The molecule has 2 rings (SSSR count). The fourth-order valence-corrected chi connectivity index (χ4v) is 2.38. The lowest BCUT2D eigenvalue weighted by Gasteiger charge is -2.03. The molecule has 16 heavy (non-hydrogen) atoms. The van der Waals surface area contributed by atoms with E-state index in [9.17, 15) is 4.79 Å². The highest BCUT2D eigenvalue weighted by molar-refractivity contribution is 7.21. The molecule has 0 radical (unpaired) electrons. The molecule has 0 spiro atoms. The molecule has 5 heteroatoms. The number of hydrogen-bond acceptors (Lipinski definition) is 4. The smallest absolute Gasteiger partial charge is 0.348 e. The third-order valence-corrected chi connectivity index (χ3v) is 3.58. The monoisotopic (exact) mass is 236 g/mol. The maximum Gasteiger partial charge on any atom is 0.348 e. The van der Waals surface area contributed by atoms with Crippen LogP contribution in [0.2, 0.25) is 0 Å².